The molecule has 2 N–H and O–H groups in total. The van der Waals surface area contributed by atoms with Gasteiger partial charge in [0.2, 0.25) is 0 Å². The highest BCUT2D eigenvalue weighted by molar-refractivity contribution is 14.0. The third kappa shape index (κ3) is 8.50. The van der Waals surface area contributed by atoms with Crippen LogP contribution >= 0.6 is 39.9 Å². The van der Waals surface area contributed by atoms with E-state index in [1.807, 2.05) is 24.3 Å². The van der Waals surface area contributed by atoms with Crippen molar-refractivity contribution < 1.29 is 9.15 Å². The highest BCUT2D eigenvalue weighted by Crippen LogP contribution is 2.11. The molecule has 8 heteroatoms. The van der Waals surface area contributed by atoms with Crippen LogP contribution in [0.3, 0.4) is 0 Å². The summed E-state index contributed by atoms with van der Waals surface area (Å²) in [4.78, 5) is 7.14. The molecule has 0 saturated carbocycles. The maximum absolute atomic E-state index is 5.40. The van der Waals surface area contributed by atoms with E-state index in [1.165, 1.54) is 5.56 Å². The van der Waals surface area contributed by atoms with E-state index in [-0.39, 0.29) is 24.0 Å². The molecule has 0 amide bonds. The van der Waals surface area contributed by atoms with Crippen LogP contribution in [-0.4, -0.2) is 56.8 Å². The maximum Gasteiger partial charge on any atom is 0.191 e. The molecule has 1 aromatic carbocycles. The number of halogens is 2. The van der Waals surface area contributed by atoms with E-state index >= 15 is 0 Å². The first-order valence-corrected chi connectivity index (χ1v) is 10.2. The van der Waals surface area contributed by atoms with E-state index in [9.17, 15) is 0 Å². The number of rotatable bonds is 8. The van der Waals surface area contributed by atoms with E-state index in [2.05, 4.69) is 43.6 Å². The van der Waals surface area contributed by atoms with Crippen molar-refractivity contribution in [1.82, 2.24) is 15.5 Å². The van der Waals surface area contributed by atoms with Gasteiger partial charge in [0.05, 0.1) is 26.0 Å². The van der Waals surface area contributed by atoms with Crippen LogP contribution in [0.25, 0.3) is 0 Å². The summed E-state index contributed by atoms with van der Waals surface area (Å²) in [6.45, 7) is 6.90. The van der Waals surface area contributed by atoms with Crippen LogP contribution in [0.2, 0.25) is 0 Å². The van der Waals surface area contributed by atoms with E-state index in [4.69, 9.17) is 14.1 Å². The minimum Gasteiger partial charge on any atom is -0.469 e. The second-order valence-electron chi connectivity index (χ2n) is 6.43. The lowest BCUT2D eigenvalue weighted by atomic mass is 10.2. The third-order valence-electron chi connectivity index (χ3n) is 4.40. The van der Waals surface area contributed by atoms with Gasteiger partial charge < -0.3 is 19.8 Å². The summed E-state index contributed by atoms with van der Waals surface area (Å²) in [6.07, 6.45) is 2.54. The Bertz CT molecular complexity index is 689. The molecular weight excluding hydrogens is 535 g/mol. The Labute approximate surface area is 192 Å². The van der Waals surface area contributed by atoms with Crippen LogP contribution in [0.5, 0.6) is 0 Å². The van der Waals surface area contributed by atoms with Crippen LogP contribution in [0.15, 0.2) is 56.5 Å². The second kappa shape index (κ2) is 13.2. The van der Waals surface area contributed by atoms with Gasteiger partial charge in [-0.05, 0) is 29.8 Å². The quantitative estimate of drug-likeness (QED) is 0.294. The average Bonchev–Trinajstić information content (AvgIpc) is 3.21. The van der Waals surface area contributed by atoms with Crippen molar-refractivity contribution in [1.29, 1.82) is 0 Å². The standard InChI is InChI=1S/C20H27BrN4O2.HI/c21-18-5-3-17(4-6-18)16-24-20(22-8-7-19-2-1-13-27-19)23-9-10-25-11-14-26-15-12-25;/h1-6,13H,7-12,14-16H2,(H2,22,23,24);1H. The number of nitrogens with zero attached hydrogens (tertiary/aromatic N) is 2. The molecule has 2 aromatic rings. The lowest BCUT2D eigenvalue weighted by Crippen LogP contribution is -2.44. The molecule has 28 heavy (non-hydrogen) atoms. The van der Waals surface area contributed by atoms with E-state index in [0.717, 1.165) is 68.6 Å². The predicted octanol–water partition coefficient (Wildman–Crippen LogP) is 3.27. The average molecular weight is 563 g/mol. The Morgan fingerprint density at radius 1 is 1.07 bits per heavy atom. The zero-order chi connectivity index (χ0) is 18.7. The number of morpholine rings is 1. The van der Waals surface area contributed by atoms with Crippen molar-refractivity contribution in [3.63, 3.8) is 0 Å². The van der Waals surface area contributed by atoms with Crippen LogP contribution in [-0.2, 0) is 17.7 Å². The van der Waals surface area contributed by atoms with Gasteiger partial charge in [0.1, 0.15) is 5.76 Å². The molecule has 0 unspecified atom stereocenters. The minimum absolute atomic E-state index is 0. The van der Waals surface area contributed by atoms with Gasteiger partial charge in [0, 0.05) is 43.6 Å². The number of benzene rings is 1. The zero-order valence-electron chi connectivity index (χ0n) is 15.9. The number of aliphatic imine (C=N–C) groups is 1. The van der Waals surface area contributed by atoms with Crippen LogP contribution in [0, 0.1) is 0 Å². The number of guanidine groups is 1. The Morgan fingerprint density at radius 2 is 1.82 bits per heavy atom. The Hall–Kier alpha value is -1.10. The van der Waals surface area contributed by atoms with Gasteiger partial charge in [-0.15, -0.1) is 24.0 Å². The molecule has 0 spiro atoms. The summed E-state index contributed by atoms with van der Waals surface area (Å²) in [5.41, 5.74) is 1.18. The number of furan rings is 1. The van der Waals surface area contributed by atoms with Gasteiger partial charge in [-0.1, -0.05) is 28.1 Å². The first-order chi connectivity index (χ1) is 13.3. The lowest BCUT2D eigenvalue weighted by Gasteiger charge is -2.26. The summed E-state index contributed by atoms with van der Waals surface area (Å²) in [6, 6.07) is 12.2. The largest absolute Gasteiger partial charge is 0.469 e. The highest BCUT2D eigenvalue weighted by atomic mass is 127. The number of ether oxygens (including phenoxy) is 1. The highest BCUT2D eigenvalue weighted by Gasteiger charge is 2.09. The topological polar surface area (TPSA) is 62.0 Å². The van der Waals surface area contributed by atoms with Crippen LogP contribution in [0.1, 0.15) is 11.3 Å². The van der Waals surface area contributed by atoms with Crippen molar-refractivity contribution in [3.05, 3.63) is 58.5 Å². The molecule has 1 aliphatic heterocycles. The fraction of sp³-hybridized carbons (Fsp3) is 0.450. The Kier molecular flexibility index (Phi) is 10.9. The van der Waals surface area contributed by atoms with Gasteiger partial charge in [0.25, 0.3) is 0 Å². The number of hydrogen-bond donors (Lipinski definition) is 2. The molecule has 1 aliphatic rings. The molecule has 0 radical (unpaired) electrons. The molecule has 3 rings (SSSR count). The zero-order valence-corrected chi connectivity index (χ0v) is 19.8. The van der Waals surface area contributed by atoms with Crippen LogP contribution < -0.4 is 10.6 Å². The monoisotopic (exact) mass is 562 g/mol. The van der Waals surface area contributed by atoms with E-state index in [1.54, 1.807) is 6.26 Å². The SMILES string of the molecule is Brc1ccc(CN=C(NCCc2ccco2)NCCN2CCOCC2)cc1.I. The third-order valence-corrected chi connectivity index (χ3v) is 4.93. The molecular formula is C20H28BrIN4O2. The molecule has 154 valence electrons. The van der Waals surface area contributed by atoms with Crippen molar-refractivity contribution in [2.24, 2.45) is 4.99 Å². The van der Waals surface area contributed by atoms with Crippen molar-refractivity contribution in [2.45, 2.75) is 13.0 Å². The first kappa shape index (κ1) is 23.2. The molecule has 1 aromatic heterocycles. The number of nitrogens with one attached hydrogen (secondary N) is 2. The smallest absolute Gasteiger partial charge is 0.191 e. The fourth-order valence-corrected chi connectivity index (χ4v) is 3.11. The van der Waals surface area contributed by atoms with Crippen molar-refractivity contribution in [3.8, 4) is 0 Å². The summed E-state index contributed by atoms with van der Waals surface area (Å²) >= 11 is 3.47. The molecule has 6 nitrogen and oxygen atoms in total. The van der Waals surface area contributed by atoms with E-state index < -0.39 is 0 Å². The Balaban J connectivity index is 0.00000280. The molecule has 0 atom stereocenters. The second-order valence-corrected chi connectivity index (χ2v) is 7.34. The van der Waals surface area contributed by atoms with Gasteiger partial charge >= 0.3 is 0 Å². The van der Waals surface area contributed by atoms with E-state index in [0.29, 0.717) is 6.54 Å². The minimum atomic E-state index is 0. The summed E-state index contributed by atoms with van der Waals surface area (Å²) in [7, 11) is 0. The lowest BCUT2D eigenvalue weighted by molar-refractivity contribution is 0.0389. The molecule has 2 heterocycles. The normalized spacial score (nSPS) is 15.1. The van der Waals surface area contributed by atoms with Gasteiger partial charge in [-0.25, -0.2) is 4.99 Å². The van der Waals surface area contributed by atoms with Gasteiger partial charge in [-0.2, -0.15) is 0 Å². The first-order valence-electron chi connectivity index (χ1n) is 9.39. The molecule has 1 fully saturated rings. The molecule has 0 aliphatic carbocycles. The molecule has 0 bridgehead atoms. The van der Waals surface area contributed by atoms with Crippen molar-refractivity contribution >= 4 is 45.9 Å². The Morgan fingerprint density at radius 3 is 2.54 bits per heavy atom. The molecule has 1 saturated heterocycles. The predicted molar refractivity (Wildman–Crippen MR) is 126 cm³/mol. The van der Waals surface area contributed by atoms with Gasteiger partial charge in [0.15, 0.2) is 5.96 Å². The summed E-state index contributed by atoms with van der Waals surface area (Å²) in [5, 5.41) is 6.85. The number of hydrogen-bond acceptors (Lipinski definition) is 4. The van der Waals surface area contributed by atoms with Crippen molar-refractivity contribution in [2.75, 3.05) is 45.9 Å². The van der Waals surface area contributed by atoms with Crippen LogP contribution in [0.4, 0.5) is 0 Å². The van der Waals surface area contributed by atoms with Gasteiger partial charge in [-0.3, -0.25) is 4.90 Å². The fourth-order valence-electron chi connectivity index (χ4n) is 2.85. The summed E-state index contributed by atoms with van der Waals surface area (Å²) in [5.74, 6) is 1.81. The summed E-state index contributed by atoms with van der Waals surface area (Å²) < 4.78 is 11.9. The maximum atomic E-state index is 5.40.